The predicted octanol–water partition coefficient (Wildman–Crippen LogP) is 0.208. The lowest BCUT2D eigenvalue weighted by atomic mass is 10.2. The second-order valence-corrected chi connectivity index (χ2v) is 4.96. The van der Waals surface area contributed by atoms with Gasteiger partial charge in [-0.25, -0.2) is 9.78 Å². The van der Waals surface area contributed by atoms with Crippen LogP contribution in [0.3, 0.4) is 0 Å². The molecule has 1 aliphatic heterocycles. The highest BCUT2D eigenvalue weighted by molar-refractivity contribution is 5.77. The number of nitrogens with zero attached hydrogens (tertiary/aromatic N) is 2. The third kappa shape index (κ3) is 2.93. The van der Waals surface area contributed by atoms with Crippen LogP contribution in [0.25, 0.3) is 10.9 Å². The van der Waals surface area contributed by atoms with E-state index in [0.717, 1.165) is 0 Å². The number of aromatic nitrogens is 2. The van der Waals surface area contributed by atoms with Gasteiger partial charge in [-0.05, 0) is 12.1 Å². The van der Waals surface area contributed by atoms with E-state index in [1.54, 1.807) is 18.2 Å². The maximum atomic E-state index is 12.0. The summed E-state index contributed by atoms with van der Waals surface area (Å²) < 4.78 is 5.17. The van der Waals surface area contributed by atoms with Gasteiger partial charge < -0.3 is 14.8 Å². The lowest BCUT2D eigenvalue weighted by molar-refractivity contribution is -0.156. The average Bonchev–Trinajstić information content (AvgIpc) is 2.47. The summed E-state index contributed by atoms with van der Waals surface area (Å²) in [5.74, 6) is -0.440. The number of carboxylic acid groups (broad SMARTS) is 1. The Kier molecular flexibility index (Phi) is 3.68. The summed E-state index contributed by atoms with van der Waals surface area (Å²) in [5, 5.41) is 9.53. The van der Waals surface area contributed by atoms with Crippen LogP contribution >= 0.6 is 0 Å². The van der Waals surface area contributed by atoms with Crippen LogP contribution in [-0.4, -0.2) is 51.7 Å². The largest absolute Gasteiger partial charge is 0.479 e. The topological polar surface area (TPSA) is 95.5 Å². The maximum Gasteiger partial charge on any atom is 0.334 e. The minimum Gasteiger partial charge on any atom is -0.479 e. The fraction of sp³-hybridized carbons (Fsp3) is 0.357. The van der Waals surface area contributed by atoms with E-state index < -0.39 is 12.1 Å². The number of fused-ring (bicyclic) bond motifs is 1. The monoisotopic (exact) mass is 289 g/mol. The SMILES string of the molecule is O=C(O)[C@@H]1CN(Cc2nc3ccccc3c(=O)[nH]2)CCO1. The van der Waals surface area contributed by atoms with Crippen molar-refractivity contribution >= 4 is 16.9 Å². The zero-order valence-corrected chi connectivity index (χ0v) is 11.3. The van der Waals surface area contributed by atoms with Gasteiger partial charge in [-0.3, -0.25) is 9.69 Å². The van der Waals surface area contributed by atoms with Crippen LogP contribution in [0.4, 0.5) is 0 Å². The standard InChI is InChI=1S/C14H15N3O4/c18-13-9-3-1-2-4-10(9)15-12(16-13)8-17-5-6-21-11(7-17)14(19)20/h1-4,11H,5-8H2,(H,19,20)(H,15,16,18)/t11-/m0/s1. The lowest BCUT2D eigenvalue weighted by Crippen LogP contribution is -2.45. The van der Waals surface area contributed by atoms with E-state index in [9.17, 15) is 9.59 Å². The highest BCUT2D eigenvalue weighted by Gasteiger charge is 2.26. The van der Waals surface area contributed by atoms with E-state index in [-0.39, 0.29) is 12.1 Å². The Morgan fingerprint density at radius 1 is 1.48 bits per heavy atom. The number of ether oxygens (including phenoxy) is 1. The van der Waals surface area contributed by atoms with Crippen LogP contribution in [0.1, 0.15) is 5.82 Å². The molecule has 1 aromatic heterocycles. The van der Waals surface area contributed by atoms with Crippen LogP contribution in [0.2, 0.25) is 0 Å². The zero-order valence-electron chi connectivity index (χ0n) is 11.3. The molecule has 110 valence electrons. The molecule has 0 amide bonds. The molecule has 1 aromatic carbocycles. The molecule has 3 rings (SSSR count). The maximum absolute atomic E-state index is 12.0. The molecular weight excluding hydrogens is 274 g/mol. The summed E-state index contributed by atoms with van der Waals surface area (Å²) in [5.41, 5.74) is 0.456. The van der Waals surface area contributed by atoms with Gasteiger partial charge >= 0.3 is 5.97 Å². The van der Waals surface area contributed by atoms with Gasteiger partial charge in [0.05, 0.1) is 24.1 Å². The average molecular weight is 289 g/mol. The third-order valence-corrected chi connectivity index (χ3v) is 3.46. The summed E-state index contributed by atoms with van der Waals surface area (Å²) in [4.78, 5) is 32.0. The number of carboxylic acids is 1. The number of hydrogen-bond acceptors (Lipinski definition) is 5. The van der Waals surface area contributed by atoms with Gasteiger partial charge in [-0.1, -0.05) is 12.1 Å². The molecule has 1 saturated heterocycles. The van der Waals surface area contributed by atoms with Gasteiger partial charge in [0.1, 0.15) is 5.82 Å². The molecule has 0 aliphatic carbocycles. The molecule has 7 nitrogen and oxygen atoms in total. The predicted molar refractivity (Wildman–Crippen MR) is 75.0 cm³/mol. The summed E-state index contributed by atoms with van der Waals surface area (Å²) in [6.07, 6.45) is -0.828. The summed E-state index contributed by atoms with van der Waals surface area (Å²) in [6.45, 7) is 1.65. The highest BCUT2D eigenvalue weighted by Crippen LogP contribution is 2.10. The van der Waals surface area contributed by atoms with Gasteiger partial charge in [0.2, 0.25) is 0 Å². The number of nitrogens with one attached hydrogen (secondary N) is 1. The molecule has 0 spiro atoms. The minimum absolute atomic E-state index is 0.182. The van der Waals surface area contributed by atoms with Crippen LogP contribution in [0.5, 0.6) is 0 Å². The third-order valence-electron chi connectivity index (χ3n) is 3.46. The van der Waals surface area contributed by atoms with Gasteiger partial charge in [0.25, 0.3) is 5.56 Å². The number of para-hydroxylation sites is 1. The van der Waals surface area contributed by atoms with E-state index in [1.807, 2.05) is 11.0 Å². The van der Waals surface area contributed by atoms with E-state index in [1.165, 1.54) is 0 Å². The van der Waals surface area contributed by atoms with Crippen LogP contribution in [0.15, 0.2) is 29.1 Å². The second kappa shape index (κ2) is 5.63. The normalized spacial score (nSPS) is 19.7. The van der Waals surface area contributed by atoms with Crippen LogP contribution in [-0.2, 0) is 16.1 Å². The van der Waals surface area contributed by atoms with Crippen molar-refractivity contribution in [3.8, 4) is 0 Å². The molecule has 21 heavy (non-hydrogen) atoms. The van der Waals surface area contributed by atoms with Crippen molar-refractivity contribution in [3.63, 3.8) is 0 Å². The molecule has 1 fully saturated rings. The Bertz CT molecular complexity index is 727. The molecule has 2 aromatic rings. The Labute approximate surface area is 120 Å². The molecule has 0 bridgehead atoms. The Balaban J connectivity index is 1.81. The number of H-pyrrole nitrogens is 1. The molecule has 7 heteroatoms. The lowest BCUT2D eigenvalue weighted by Gasteiger charge is -2.30. The van der Waals surface area contributed by atoms with Crippen molar-refractivity contribution in [1.29, 1.82) is 0 Å². The second-order valence-electron chi connectivity index (χ2n) is 4.96. The first kappa shape index (κ1) is 13.7. The van der Waals surface area contributed by atoms with Gasteiger partial charge in [-0.15, -0.1) is 0 Å². The van der Waals surface area contributed by atoms with E-state index >= 15 is 0 Å². The van der Waals surface area contributed by atoms with Crippen LogP contribution in [0, 0.1) is 0 Å². The Morgan fingerprint density at radius 2 is 2.29 bits per heavy atom. The van der Waals surface area contributed by atoms with E-state index in [2.05, 4.69) is 9.97 Å². The summed E-state index contributed by atoms with van der Waals surface area (Å²) in [6, 6.07) is 7.12. The quantitative estimate of drug-likeness (QED) is 0.838. The van der Waals surface area contributed by atoms with Gasteiger partial charge in [0, 0.05) is 13.1 Å². The van der Waals surface area contributed by atoms with Crippen molar-refractivity contribution in [2.24, 2.45) is 0 Å². The van der Waals surface area contributed by atoms with Crippen LogP contribution < -0.4 is 5.56 Å². The Morgan fingerprint density at radius 3 is 3.10 bits per heavy atom. The zero-order chi connectivity index (χ0) is 14.8. The smallest absolute Gasteiger partial charge is 0.334 e. The molecular formula is C14H15N3O4. The van der Waals surface area contributed by atoms with Crippen molar-refractivity contribution < 1.29 is 14.6 Å². The van der Waals surface area contributed by atoms with Gasteiger partial charge in [-0.2, -0.15) is 0 Å². The molecule has 0 radical (unpaired) electrons. The molecule has 1 aliphatic rings. The fourth-order valence-corrected chi connectivity index (χ4v) is 2.42. The number of benzene rings is 1. The van der Waals surface area contributed by atoms with Crippen molar-refractivity contribution in [2.45, 2.75) is 12.6 Å². The first-order valence-electron chi connectivity index (χ1n) is 6.68. The number of hydrogen-bond donors (Lipinski definition) is 2. The molecule has 0 unspecified atom stereocenters. The molecule has 1 atom stereocenters. The number of rotatable bonds is 3. The number of aliphatic carboxylic acids is 1. The number of carbonyl (C=O) groups is 1. The van der Waals surface area contributed by atoms with Crippen molar-refractivity contribution in [1.82, 2.24) is 14.9 Å². The fourth-order valence-electron chi connectivity index (χ4n) is 2.42. The first-order valence-corrected chi connectivity index (χ1v) is 6.68. The van der Waals surface area contributed by atoms with Gasteiger partial charge in [0.15, 0.2) is 6.10 Å². The summed E-state index contributed by atoms with van der Waals surface area (Å²) >= 11 is 0. The first-order chi connectivity index (χ1) is 10.1. The number of morpholine rings is 1. The van der Waals surface area contributed by atoms with Crippen molar-refractivity contribution in [2.75, 3.05) is 19.7 Å². The minimum atomic E-state index is -0.973. The molecule has 0 saturated carbocycles. The highest BCUT2D eigenvalue weighted by atomic mass is 16.5. The summed E-state index contributed by atoms with van der Waals surface area (Å²) in [7, 11) is 0. The van der Waals surface area contributed by atoms with Crippen molar-refractivity contribution in [3.05, 3.63) is 40.4 Å². The molecule has 2 N–H and O–H groups in total. The molecule has 2 heterocycles. The van der Waals surface area contributed by atoms with E-state index in [0.29, 0.717) is 36.4 Å². The number of aromatic amines is 1. The van der Waals surface area contributed by atoms with E-state index in [4.69, 9.17) is 9.84 Å². The Hall–Kier alpha value is -2.25.